The van der Waals surface area contributed by atoms with Gasteiger partial charge in [0.1, 0.15) is 5.75 Å². The number of hydrogen-bond donors (Lipinski definition) is 1. The summed E-state index contributed by atoms with van der Waals surface area (Å²) in [5.41, 5.74) is 1.71. The SMILES string of the molecule is CCN(CC)C(=O)CN1C[C@H](c2ccc3c(c2)OCO3)[C@@H](C(=O)O)[C@@H]1c1ccc(OC)cc1. The second-order valence-corrected chi connectivity index (χ2v) is 8.30. The van der Waals surface area contributed by atoms with Crippen molar-refractivity contribution < 1.29 is 28.9 Å². The van der Waals surface area contributed by atoms with E-state index in [9.17, 15) is 14.7 Å². The molecule has 2 aliphatic rings. The first-order valence-electron chi connectivity index (χ1n) is 11.2. The number of ether oxygens (including phenoxy) is 3. The van der Waals surface area contributed by atoms with Crippen molar-refractivity contribution in [3.8, 4) is 17.2 Å². The minimum atomic E-state index is -0.892. The van der Waals surface area contributed by atoms with E-state index in [4.69, 9.17) is 14.2 Å². The molecule has 8 nitrogen and oxygen atoms in total. The zero-order valence-corrected chi connectivity index (χ0v) is 19.2. The van der Waals surface area contributed by atoms with Gasteiger partial charge in [-0.25, -0.2) is 0 Å². The van der Waals surface area contributed by atoms with Gasteiger partial charge in [0.05, 0.1) is 19.6 Å². The predicted molar refractivity (Wildman–Crippen MR) is 122 cm³/mol. The number of carbonyl (C=O) groups is 2. The summed E-state index contributed by atoms with van der Waals surface area (Å²) < 4.78 is 16.2. The number of amides is 1. The van der Waals surface area contributed by atoms with Gasteiger partial charge >= 0.3 is 5.97 Å². The monoisotopic (exact) mass is 454 g/mol. The Morgan fingerprint density at radius 2 is 1.73 bits per heavy atom. The zero-order chi connectivity index (χ0) is 23.5. The zero-order valence-electron chi connectivity index (χ0n) is 19.2. The van der Waals surface area contributed by atoms with E-state index in [0.29, 0.717) is 36.9 Å². The van der Waals surface area contributed by atoms with Crippen LogP contribution in [0.4, 0.5) is 0 Å². The Morgan fingerprint density at radius 3 is 2.36 bits per heavy atom. The lowest BCUT2D eigenvalue weighted by molar-refractivity contribution is -0.143. The molecule has 0 bridgehead atoms. The minimum absolute atomic E-state index is 0.00557. The predicted octanol–water partition coefficient (Wildman–Crippen LogP) is 3.13. The third-order valence-corrected chi connectivity index (χ3v) is 6.62. The number of hydrogen-bond acceptors (Lipinski definition) is 6. The van der Waals surface area contributed by atoms with Gasteiger partial charge in [0.25, 0.3) is 0 Å². The molecule has 0 unspecified atom stereocenters. The minimum Gasteiger partial charge on any atom is -0.497 e. The normalized spacial score (nSPS) is 21.7. The third kappa shape index (κ3) is 4.48. The van der Waals surface area contributed by atoms with Gasteiger partial charge in [-0.2, -0.15) is 0 Å². The molecule has 1 N–H and O–H groups in total. The van der Waals surface area contributed by atoms with Crippen molar-refractivity contribution in [2.24, 2.45) is 5.92 Å². The standard InChI is InChI=1S/C25H30N2O6/c1-4-26(5-2)22(28)14-27-13-19(17-8-11-20-21(12-17)33-15-32-20)23(25(29)30)24(27)16-6-9-18(31-3)10-7-16/h6-12,19,23-24H,4-5,13-15H2,1-3H3,(H,29,30)/t19-,23-,24+/m1/s1. The summed E-state index contributed by atoms with van der Waals surface area (Å²) >= 11 is 0. The fraction of sp³-hybridized carbons (Fsp3) is 0.440. The van der Waals surface area contributed by atoms with Crippen molar-refractivity contribution in [3.05, 3.63) is 53.6 Å². The van der Waals surface area contributed by atoms with E-state index in [0.717, 1.165) is 11.1 Å². The number of methoxy groups -OCH3 is 1. The molecule has 2 aromatic carbocycles. The number of benzene rings is 2. The smallest absolute Gasteiger partial charge is 0.309 e. The number of nitrogens with zero attached hydrogens (tertiary/aromatic N) is 2. The molecular weight excluding hydrogens is 424 g/mol. The average molecular weight is 455 g/mol. The molecule has 1 fully saturated rings. The lowest BCUT2D eigenvalue weighted by atomic mass is 9.82. The Morgan fingerprint density at radius 1 is 1.06 bits per heavy atom. The van der Waals surface area contributed by atoms with Crippen LogP contribution in [0.5, 0.6) is 17.2 Å². The van der Waals surface area contributed by atoms with Crippen LogP contribution in [0.15, 0.2) is 42.5 Å². The van der Waals surface area contributed by atoms with Gasteiger partial charge in [-0.05, 0) is 49.2 Å². The van der Waals surface area contributed by atoms with E-state index in [1.807, 2.05) is 61.2 Å². The van der Waals surface area contributed by atoms with Crippen molar-refractivity contribution in [3.63, 3.8) is 0 Å². The van der Waals surface area contributed by atoms with Crippen LogP contribution < -0.4 is 14.2 Å². The van der Waals surface area contributed by atoms with Gasteiger partial charge in [-0.1, -0.05) is 18.2 Å². The first kappa shape index (κ1) is 22.9. The molecule has 2 heterocycles. The average Bonchev–Trinajstić information content (AvgIpc) is 3.44. The van der Waals surface area contributed by atoms with Crippen molar-refractivity contribution in [2.75, 3.05) is 40.1 Å². The number of rotatable bonds is 8. The summed E-state index contributed by atoms with van der Waals surface area (Å²) in [5, 5.41) is 10.3. The summed E-state index contributed by atoms with van der Waals surface area (Å²) in [6.07, 6.45) is 0. The Bertz CT molecular complexity index is 1000. The fourth-order valence-corrected chi connectivity index (χ4v) is 4.92. The Hall–Kier alpha value is -3.26. The highest BCUT2D eigenvalue weighted by molar-refractivity contribution is 5.79. The number of carboxylic acids is 1. The van der Waals surface area contributed by atoms with Crippen LogP contribution in [0.1, 0.15) is 36.9 Å². The molecule has 0 radical (unpaired) electrons. The highest BCUT2D eigenvalue weighted by Crippen LogP contribution is 2.47. The van der Waals surface area contributed by atoms with E-state index >= 15 is 0 Å². The van der Waals surface area contributed by atoms with Crippen LogP contribution in [-0.4, -0.2) is 66.9 Å². The molecule has 33 heavy (non-hydrogen) atoms. The van der Waals surface area contributed by atoms with Crippen LogP contribution in [0.2, 0.25) is 0 Å². The van der Waals surface area contributed by atoms with Gasteiger partial charge in [0, 0.05) is 31.6 Å². The van der Waals surface area contributed by atoms with Crippen LogP contribution in [0, 0.1) is 5.92 Å². The Kier molecular flexibility index (Phi) is 6.74. The van der Waals surface area contributed by atoms with Gasteiger partial charge in [-0.3, -0.25) is 14.5 Å². The first-order chi connectivity index (χ1) is 16.0. The largest absolute Gasteiger partial charge is 0.497 e. The maximum atomic E-state index is 13.0. The molecule has 0 aliphatic carbocycles. The number of aliphatic carboxylic acids is 1. The molecular formula is C25H30N2O6. The molecule has 0 spiro atoms. The van der Waals surface area contributed by atoms with Gasteiger partial charge in [-0.15, -0.1) is 0 Å². The lowest BCUT2D eigenvalue weighted by Crippen LogP contribution is -2.40. The Labute approximate surface area is 193 Å². The van der Waals surface area contributed by atoms with Crippen molar-refractivity contribution in [2.45, 2.75) is 25.8 Å². The van der Waals surface area contributed by atoms with Crippen LogP contribution >= 0.6 is 0 Å². The summed E-state index contributed by atoms with van der Waals surface area (Å²) in [5.74, 6) is 0.0306. The maximum Gasteiger partial charge on any atom is 0.309 e. The lowest BCUT2D eigenvalue weighted by Gasteiger charge is -2.29. The summed E-state index contributed by atoms with van der Waals surface area (Å²) in [7, 11) is 1.59. The second kappa shape index (κ2) is 9.70. The van der Waals surface area contributed by atoms with Crippen LogP contribution in [0.25, 0.3) is 0 Å². The molecule has 3 atom stereocenters. The van der Waals surface area contributed by atoms with Crippen LogP contribution in [0.3, 0.4) is 0 Å². The van der Waals surface area contributed by atoms with Crippen molar-refractivity contribution in [1.82, 2.24) is 9.80 Å². The molecule has 0 saturated carbocycles. The molecule has 4 rings (SSSR count). The Balaban J connectivity index is 1.72. The molecule has 1 saturated heterocycles. The topological polar surface area (TPSA) is 88.5 Å². The molecule has 1 amide bonds. The fourth-order valence-electron chi connectivity index (χ4n) is 4.92. The second-order valence-electron chi connectivity index (χ2n) is 8.30. The number of likely N-dealkylation sites (tertiary alicyclic amines) is 1. The number of likely N-dealkylation sites (N-methyl/N-ethyl adjacent to an activating group) is 1. The number of carboxylic acid groups (broad SMARTS) is 1. The van der Waals surface area contributed by atoms with Gasteiger partial charge in [0.2, 0.25) is 12.7 Å². The van der Waals surface area contributed by atoms with E-state index in [-0.39, 0.29) is 25.2 Å². The molecule has 0 aromatic heterocycles. The van der Waals surface area contributed by atoms with Gasteiger partial charge in [0.15, 0.2) is 11.5 Å². The molecule has 2 aromatic rings. The number of carbonyl (C=O) groups excluding carboxylic acids is 1. The van der Waals surface area contributed by atoms with Crippen molar-refractivity contribution >= 4 is 11.9 Å². The van der Waals surface area contributed by atoms with E-state index in [1.165, 1.54) is 0 Å². The summed E-state index contributed by atoms with van der Waals surface area (Å²) in [4.78, 5) is 29.4. The quantitative estimate of drug-likeness (QED) is 0.656. The first-order valence-corrected chi connectivity index (χ1v) is 11.2. The van der Waals surface area contributed by atoms with E-state index < -0.39 is 17.9 Å². The highest BCUT2D eigenvalue weighted by atomic mass is 16.7. The van der Waals surface area contributed by atoms with E-state index in [1.54, 1.807) is 12.0 Å². The highest BCUT2D eigenvalue weighted by Gasteiger charge is 2.48. The van der Waals surface area contributed by atoms with E-state index in [2.05, 4.69) is 0 Å². The van der Waals surface area contributed by atoms with Crippen LogP contribution in [-0.2, 0) is 9.59 Å². The molecule has 2 aliphatic heterocycles. The summed E-state index contributed by atoms with van der Waals surface area (Å²) in [6.45, 7) is 5.88. The third-order valence-electron chi connectivity index (χ3n) is 6.62. The molecule has 8 heteroatoms. The maximum absolute atomic E-state index is 13.0. The number of fused-ring (bicyclic) bond motifs is 1. The van der Waals surface area contributed by atoms with Gasteiger partial charge < -0.3 is 24.2 Å². The molecule has 176 valence electrons. The van der Waals surface area contributed by atoms with Crippen molar-refractivity contribution in [1.29, 1.82) is 0 Å². The summed E-state index contributed by atoms with van der Waals surface area (Å²) in [6, 6.07) is 12.6.